The molecular weight excluding hydrogens is 307 g/mol. The molecule has 1 aliphatic heterocycles. The maximum atomic E-state index is 10.4. The first kappa shape index (κ1) is 16.3. The minimum Gasteiger partial charge on any atom is -0.427 e. The van der Waals surface area contributed by atoms with E-state index in [2.05, 4.69) is 4.98 Å². The summed E-state index contributed by atoms with van der Waals surface area (Å²) < 4.78 is 15.9. The third-order valence-electron chi connectivity index (χ3n) is 2.48. The van der Waals surface area contributed by atoms with Gasteiger partial charge in [0.2, 0.25) is 0 Å². The van der Waals surface area contributed by atoms with Crippen LogP contribution in [0.2, 0.25) is 0 Å². The zero-order valence-electron chi connectivity index (χ0n) is 11.7. The highest BCUT2D eigenvalue weighted by molar-refractivity contribution is 7.42. The van der Waals surface area contributed by atoms with Crippen molar-refractivity contribution in [2.45, 2.75) is 6.42 Å². The topological polar surface area (TPSA) is 83.7 Å². The Labute approximate surface area is 129 Å². The first-order valence-electron chi connectivity index (χ1n) is 6.59. The van der Waals surface area contributed by atoms with Crippen LogP contribution in [0.4, 0.5) is 5.69 Å². The molecule has 7 nitrogen and oxygen atoms in total. The van der Waals surface area contributed by atoms with E-state index >= 15 is 0 Å². The highest BCUT2D eigenvalue weighted by Crippen LogP contribution is 2.43. The Bertz CT molecular complexity index is 534. The molecule has 0 radical (unpaired) electrons. The second-order valence-corrected chi connectivity index (χ2v) is 5.26. The van der Waals surface area contributed by atoms with Crippen LogP contribution in [0.25, 0.3) is 0 Å². The van der Waals surface area contributed by atoms with Gasteiger partial charge >= 0.3 is 8.60 Å². The van der Waals surface area contributed by atoms with Gasteiger partial charge in [0, 0.05) is 24.5 Å². The standard InChI is InChI=1S/C9H10NO5P.C5H5N/c11-10(12)8-2-4-9(5-3-8)15-16-13-6-1-7-14-16;1-2-4-6-5-3-1/h2-5H,1,6-7H2;1-5H. The van der Waals surface area contributed by atoms with Gasteiger partial charge in [-0.2, -0.15) is 0 Å². The van der Waals surface area contributed by atoms with Gasteiger partial charge in [0.25, 0.3) is 5.69 Å². The summed E-state index contributed by atoms with van der Waals surface area (Å²) in [5.41, 5.74) is 0.0330. The first-order valence-corrected chi connectivity index (χ1v) is 7.68. The third-order valence-corrected chi connectivity index (χ3v) is 3.62. The van der Waals surface area contributed by atoms with Crippen molar-refractivity contribution in [2.75, 3.05) is 13.2 Å². The number of nitrogens with zero attached hydrogens (tertiary/aromatic N) is 2. The summed E-state index contributed by atoms with van der Waals surface area (Å²) in [4.78, 5) is 13.8. The normalized spacial score (nSPS) is 14.5. The van der Waals surface area contributed by atoms with Crippen molar-refractivity contribution < 1.29 is 18.5 Å². The van der Waals surface area contributed by atoms with Crippen molar-refractivity contribution in [3.05, 3.63) is 65.0 Å². The molecule has 0 bridgehead atoms. The molecule has 0 unspecified atom stereocenters. The number of hydrogen-bond acceptors (Lipinski definition) is 6. The molecule has 8 heteroatoms. The van der Waals surface area contributed by atoms with Crippen LogP contribution in [-0.4, -0.2) is 23.1 Å². The summed E-state index contributed by atoms with van der Waals surface area (Å²) in [6.07, 6.45) is 4.36. The Morgan fingerprint density at radius 2 is 1.73 bits per heavy atom. The number of pyridine rings is 1. The Kier molecular flexibility index (Phi) is 6.70. The summed E-state index contributed by atoms with van der Waals surface area (Å²) in [6, 6.07) is 11.5. The van der Waals surface area contributed by atoms with Crippen LogP contribution in [0.5, 0.6) is 5.75 Å². The van der Waals surface area contributed by atoms with E-state index in [0.29, 0.717) is 19.0 Å². The largest absolute Gasteiger partial charge is 0.427 e. The fraction of sp³-hybridized carbons (Fsp3) is 0.214. The van der Waals surface area contributed by atoms with Crippen molar-refractivity contribution in [3.63, 3.8) is 0 Å². The third kappa shape index (κ3) is 5.73. The Hall–Kier alpha value is -2.08. The molecule has 1 aromatic heterocycles. The molecule has 0 N–H and O–H groups in total. The van der Waals surface area contributed by atoms with E-state index in [1.165, 1.54) is 24.3 Å². The SMILES string of the molecule is O=[N+]([O-])c1ccc(OP2OCCCO2)cc1.c1ccncc1. The average Bonchev–Trinajstić information content (AvgIpc) is 2.58. The zero-order chi connectivity index (χ0) is 15.6. The van der Waals surface area contributed by atoms with Crippen molar-refractivity contribution in [1.29, 1.82) is 0 Å². The first-order chi connectivity index (χ1) is 10.8. The molecule has 0 saturated carbocycles. The highest BCUT2D eigenvalue weighted by atomic mass is 31.2. The Morgan fingerprint density at radius 1 is 1.09 bits per heavy atom. The maximum absolute atomic E-state index is 10.4. The van der Waals surface area contributed by atoms with Crippen LogP contribution in [-0.2, 0) is 9.05 Å². The number of non-ortho nitro benzene ring substituents is 1. The van der Waals surface area contributed by atoms with Crippen LogP contribution in [0.3, 0.4) is 0 Å². The van der Waals surface area contributed by atoms with E-state index in [1.807, 2.05) is 18.2 Å². The maximum Gasteiger partial charge on any atom is 0.397 e. The predicted octanol–water partition coefficient (Wildman–Crippen LogP) is 3.72. The van der Waals surface area contributed by atoms with Gasteiger partial charge in [-0.25, -0.2) is 0 Å². The lowest BCUT2D eigenvalue weighted by molar-refractivity contribution is -0.384. The van der Waals surface area contributed by atoms with E-state index < -0.39 is 13.5 Å². The molecule has 116 valence electrons. The van der Waals surface area contributed by atoms with Gasteiger partial charge in [0.15, 0.2) is 0 Å². The second-order valence-electron chi connectivity index (χ2n) is 4.11. The van der Waals surface area contributed by atoms with Gasteiger partial charge < -0.3 is 13.6 Å². The minimum atomic E-state index is -1.34. The minimum absolute atomic E-state index is 0.0330. The van der Waals surface area contributed by atoms with E-state index in [9.17, 15) is 10.1 Å². The molecule has 1 fully saturated rings. The van der Waals surface area contributed by atoms with E-state index in [4.69, 9.17) is 13.6 Å². The molecule has 1 saturated heterocycles. The van der Waals surface area contributed by atoms with Gasteiger partial charge in [0.05, 0.1) is 18.1 Å². The molecule has 0 aliphatic carbocycles. The Morgan fingerprint density at radius 3 is 2.18 bits per heavy atom. The van der Waals surface area contributed by atoms with Crippen LogP contribution >= 0.6 is 8.60 Å². The number of benzene rings is 1. The molecule has 0 amide bonds. The monoisotopic (exact) mass is 322 g/mol. The van der Waals surface area contributed by atoms with Gasteiger partial charge in [-0.1, -0.05) is 6.07 Å². The van der Waals surface area contributed by atoms with E-state index in [1.54, 1.807) is 12.4 Å². The number of hydrogen-bond donors (Lipinski definition) is 0. The molecule has 2 heterocycles. The van der Waals surface area contributed by atoms with E-state index in [0.717, 1.165) is 6.42 Å². The fourth-order valence-electron chi connectivity index (χ4n) is 1.45. The number of nitro benzene ring substituents is 1. The number of nitro groups is 1. The predicted molar refractivity (Wildman–Crippen MR) is 81.4 cm³/mol. The van der Waals surface area contributed by atoms with Crippen LogP contribution in [0.15, 0.2) is 54.9 Å². The van der Waals surface area contributed by atoms with Crippen molar-refractivity contribution >= 4 is 14.3 Å². The summed E-state index contributed by atoms with van der Waals surface area (Å²) in [7, 11) is -1.34. The van der Waals surface area contributed by atoms with Crippen molar-refractivity contribution in [2.24, 2.45) is 0 Å². The highest BCUT2D eigenvalue weighted by Gasteiger charge is 2.19. The second kappa shape index (κ2) is 9.04. The summed E-state index contributed by atoms with van der Waals surface area (Å²) in [6.45, 7) is 1.25. The lowest BCUT2D eigenvalue weighted by Crippen LogP contribution is -2.07. The Balaban J connectivity index is 0.000000246. The zero-order valence-corrected chi connectivity index (χ0v) is 12.6. The van der Waals surface area contributed by atoms with Crippen molar-refractivity contribution in [1.82, 2.24) is 4.98 Å². The fourth-order valence-corrected chi connectivity index (χ4v) is 2.48. The van der Waals surface area contributed by atoms with Crippen LogP contribution in [0.1, 0.15) is 6.42 Å². The smallest absolute Gasteiger partial charge is 0.397 e. The lowest BCUT2D eigenvalue weighted by Gasteiger charge is -2.20. The molecule has 22 heavy (non-hydrogen) atoms. The average molecular weight is 322 g/mol. The van der Waals surface area contributed by atoms with Gasteiger partial charge in [-0.15, -0.1) is 0 Å². The molecule has 3 rings (SSSR count). The molecule has 1 aliphatic rings. The quantitative estimate of drug-likeness (QED) is 0.486. The summed E-state index contributed by atoms with van der Waals surface area (Å²) in [5, 5.41) is 10.4. The van der Waals surface area contributed by atoms with E-state index in [-0.39, 0.29) is 5.69 Å². The lowest BCUT2D eigenvalue weighted by atomic mass is 10.3. The molecule has 0 spiro atoms. The molecule has 1 aromatic carbocycles. The van der Waals surface area contributed by atoms with Crippen LogP contribution < -0.4 is 4.52 Å². The summed E-state index contributed by atoms with van der Waals surface area (Å²) >= 11 is 0. The van der Waals surface area contributed by atoms with Crippen LogP contribution in [0, 0.1) is 10.1 Å². The summed E-state index contributed by atoms with van der Waals surface area (Å²) in [5.74, 6) is 0.513. The molecular formula is C14H15N2O5P. The van der Waals surface area contributed by atoms with Crippen molar-refractivity contribution in [3.8, 4) is 5.75 Å². The number of rotatable bonds is 3. The van der Waals surface area contributed by atoms with Gasteiger partial charge in [-0.3, -0.25) is 15.1 Å². The van der Waals surface area contributed by atoms with Gasteiger partial charge in [0.1, 0.15) is 5.75 Å². The van der Waals surface area contributed by atoms with Gasteiger partial charge in [-0.05, 0) is 30.7 Å². The number of aromatic nitrogens is 1. The molecule has 2 aromatic rings. The molecule has 0 atom stereocenters.